The molecule has 1 aliphatic rings. The Morgan fingerprint density at radius 2 is 2.36 bits per heavy atom. The van der Waals surface area contributed by atoms with Gasteiger partial charge in [0.1, 0.15) is 0 Å². The van der Waals surface area contributed by atoms with Gasteiger partial charge in [0, 0.05) is 18.7 Å². The van der Waals surface area contributed by atoms with Crippen molar-refractivity contribution in [3.8, 4) is 0 Å². The zero-order valence-corrected chi connectivity index (χ0v) is 9.26. The Kier molecular flexibility index (Phi) is 4.85. The monoisotopic (exact) mass is 200 g/mol. The van der Waals surface area contributed by atoms with Gasteiger partial charge in [-0.1, -0.05) is 13.3 Å². The van der Waals surface area contributed by atoms with Crippen LogP contribution < -0.4 is 11.1 Å². The molecule has 14 heavy (non-hydrogen) atoms. The third kappa shape index (κ3) is 2.94. The number of hydrogen-bond acceptors (Lipinski definition) is 3. The van der Waals surface area contributed by atoms with Gasteiger partial charge in [0.2, 0.25) is 0 Å². The van der Waals surface area contributed by atoms with E-state index in [-0.39, 0.29) is 12.1 Å². The molecule has 3 heteroatoms. The molecule has 0 aromatic rings. The first-order valence-corrected chi connectivity index (χ1v) is 5.82. The van der Waals surface area contributed by atoms with E-state index in [0.717, 1.165) is 25.4 Å². The molecule has 1 saturated carbocycles. The van der Waals surface area contributed by atoms with Gasteiger partial charge in [-0.3, -0.25) is 0 Å². The van der Waals surface area contributed by atoms with E-state index in [2.05, 4.69) is 12.2 Å². The van der Waals surface area contributed by atoms with Crippen LogP contribution in [0, 0.1) is 5.92 Å². The summed E-state index contributed by atoms with van der Waals surface area (Å²) in [6.07, 6.45) is 5.82. The van der Waals surface area contributed by atoms with E-state index in [1.807, 2.05) is 0 Å². The summed E-state index contributed by atoms with van der Waals surface area (Å²) in [5, 5.41) is 12.2. The van der Waals surface area contributed by atoms with Gasteiger partial charge >= 0.3 is 0 Å². The summed E-state index contributed by atoms with van der Waals surface area (Å²) >= 11 is 0. The van der Waals surface area contributed by atoms with Crippen LogP contribution in [0.4, 0.5) is 0 Å². The number of hydrogen-bond donors (Lipinski definition) is 3. The summed E-state index contributed by atoms with van der Waals surface area (Å²) in [6, 6.07) is 0. The summed E-state index contributed by atoms with van der Waals surface area (Å²) in [4.78, 5) is 0. The molecule has 3 nitrogen and oxygen atoms in total. The van der Waals surface area contributed by atoms with E-state index in [1.165, 1.54) is 25.7 Å². The van der Waals surface area contributed by atoms with Gasteiger partial charge in [-0.25, -0.2) is 0 Å². The second-order valence-corrected chi connectivity index (χ2v) is 4.51. The molecule has 1 rings (SSSR count). The fourth-order valence-corrected chi connectivity index (χ4v) is 2.44. The number of nitrogens with two attached hydrogens (primary N) is 1. The minimum Gasteiger partial charge on any atom is -0.396 e. The van der Waals surface area contributed by atoms with Crippen LogP contribution in [0.5, 0.6) is 0 Å². The molecule has 0 aromatic carbocycles. The predicted octanol–water partition coefficient (Wildman–Crippen LogP) is 0.866. The first kappa shape index (κ1) is 12.0. The number of nitrogens with one attached hydrogen (secondary N) is 1. The molecule has 0 saturated heterocycles. The smallest absolute Gasteiger partial charge is 0.0443 e. The van der Waals surface area contributed by atoms with E-state index in [1.54, 1.807) is 0 Å². The van der Waals surface area contributed by atoms with Crippen molar-refractivity contribution in [2.75, 3.05) is 19.7 Å². The molecule has 4 N–H and O–H groups in total. The fourth-order valence-electron chi connectivity index (χ4n) is 2.44. The van der Waals surface area contributed by atoms with Crippen molar-refractivity contribution in [3.63, 3.8) is 0 Å². The molecule has 84 valence electrons. The van der Waals surface area contributed by atoms with Crippen molar-refractivity contribution in [1.29, 1.82) is 0 Å². The van der Waals surface area contributed by atoms with Crippen molar-refractivity contribution in [1.82, 2.24) is 5.32 Å². The van der Waals surface area contributed by atoms with Gasteiger partial charge in [0.05, 0.1) is 0 Å². The van der Waals surface area contributed by atoms with E-state index >= 15 is 0 Å². The van der Waals surface area contributed by atoms with Crippen molar-refractivity contribution in [2.24, 2.45) is 11.7 Å². The molecule has 2 unspecified atom stereocenters. The van der Waals surface area contributed by atoms with Crippen molar-refractivity contribution >= 4 is 0 Å². The van der Waals surface area contributed by atoms with Gasteiger partial charge in [0.25, 0.3) is 0 Å². The van der Waals surface area contributed by atoms with E-state index in [4.69, 9.17) is 10.8 Å². The number of aliphatic hydroxyl groups is 1. The summed E-state index contributed by atoms with van der Waals surface area (Å²) in [5.74, 6) is 0.847. The Morgan fingerprint density at radius 1 is 1.57 bits per heavy atom. The highest BCUT2D eigenvalue weighted by atomic mass is 16.3. The van der Waals surface area contributed by atoms with Crippen LogP contribution in [-0.2, 0) is 0 Å². The molecular formula is C11H24N2O. The van der Waals surface area contributed by atoms with Gasteiger partial charge in [0.15, 0.2) is 0 Å². The standard InChI is InChI=1S/C11H24N2O/c1-2-10-4-5-11(8-10,9-12)13-6-3-7-14/h10,13-14H,2-9,12H2,1H3. The average Bonchev–Trinajstić information content (AvgIpc) is 2.63. The molecule has 0 bridgehead atoms. The van der Waals surface area contributed by atoms with Crippen LogP contribution in [0.1, 0.15) is 39.0 Å². The third-order valence-electron chi connectivity index (χ3n) is 3.51. The van der Waals surface area contributed by atoms with Crippen LogP contribution in [0.3, 0.4) is 0 Å². The normalized spacial score (nSPS) is 32.4. The molecule has 0 heterocycles. The maximum absolute atomic E-state index is 8.72. The van der Waals surface area contributed by atoms with E-state index in [0.29, 0.717) is 0 Å². The lowest BCUT2D eigenvalue weighted by Crippen LogP contribution is -2.49. The highest BCUT2D eigenvalue weighted by Crippen LogP contribution is 2.35. The van der Waals surface area contributed by atoms with Gasteiger partial charge < -0.3 is 16.2 Å². The largest absolute Gasteiger partial charge is 0.396 e. The molecule has 0 aliphatic heterocycles. The molecular weight excluding hydrogens is 176 g/mol. The second kappa shape index (κ2) is 5.69. The Morgan fingerprint density at radius 3 is 2.86 bits per heavy atom. The maximum Gasteiger partial charge on any atom is 0.0443 e. The zero-order valence-electron chi connectivity index (χ0n) is 9.26. The topological polar surface area (TPSA) is 58.3 Å². The Labute approximate surface area is 87.1 Å². The lowest BCUT2D eigenvalue weighted by molar-refractivity contribution is 0.265. The Balaban J connectivity index is 2.35. The van der Waals surface area contributed by atoms with Crippen LogP contribution in [0.15, 0.2) is 0 Å². The Hall–Kier alpha value is -0.120. The second-order valence-electron chi connectivity index (χ2n) is 4.51. The van der Waals surface area contributed by atoms with Crippen LogP contribution in [-0.4, -0.2) is 30.3 Å². The molecule has 0 aromatic heterocycles. The minimum atomic E-state index is 0.176. The van der Waals surface area contributed by atoms with E-state index < -0.39 is 0 Å². The minimum absolute atomic E-state index is 0.176. The molecule has 1 aliphatic carbocycles. The predicted molar refractivity (Wildman–Crippen MR) is 59.1 cm³/mol. The molecule has 2 atom stereocenters. The van der Waals surface area contributed by atoms with Gasteiger partial charge in [-0.15, -0.1) is 0 Å². The third-order valence-corrected chi connectivity index (χ3v) is 3.51. The highest BCUT2D eigenvalue weighted by molar-refractivity contribution is 4.96. The van der Waals surface area contributed by atoms with Crippen LogP contribution >= 0.6 is 0 Å². The fraction of sp³-hybridized carbons (Fsp3) is 1.00. The number of rotatable bonds is 6. The molecule has 1 fully saturated rings. The van der Waals surface area contributed by atoms with Gasteiger partial charge in [-0.2, -0.15) is 0 Å². The molecule has 0 spiro atoms. The van der Waals surface area contributed by atoms with Crippen LogP contribution in [0.2, 0.25) is 0 Å². The summed E-state index contributed by atoms with van der Waals surface area (Å²) < 4.78 is 0. The van der Waals surface area contributed by atoms with Crippen molar-refractivity contribution < 1.29 is 5.11 Å². The lowest BCUT2D eigenvalue weighted by atomic mass is 9.95. The zero-order chi connectivity index (χ0) is 10.4. The quantitative estimate of drug-likeness (QED) is 0.558. The maximum atomic E-state index is 8.72. The number of aliphatic hydroxyl groups excluding tert-OH is 1. The lowest BCUT2D eigenvalue weighted by Gasteiger charge is -2.29. The summed E-state index contributed by atoms with van der Waals surface area (Å²) in [6.45, 7) is 4.15. The van der Waals surface area contributed by atoms with Gasteiger partial charge in [-0.05, 0) is 38.1 Å². The summed E-state index contributed by atoms with van der Waals surface area (Å²) in [5.41, 5.74) is 6.02. The van der Waals surface area contributed by atoms with Crippen molar-refractivity contribution in [2.45, 2.75) is 44.6 Å². The highest BCUT2D eigenvalue weighted by Gasteiger charge is 2.36. The SMILES string of the molecule is CCC1CCC(CN)(NCCCO)C1. The van der Waals surface area contributed by atoms with Crippen molar-refractivity contribution in [3.05, 3.63) is 0 Å². The van der Waals surface area contributed by atoms with Crippen LogP contribution in [0.25, 0.3) is 0 Å². The summed E-state index contributed by atoms with van der Waals surface area (Å²) in [7, 11) is 0. The molecule has 0 amide bonds. The Bertz CT molecular complexity index is 163. The first-order chi connectivity index (χ1) is 6.76. The first-order valence-electron chi connectivity index (χ1n) is 5.82. The molecule has 0 radical (unpaired) electrons. The van der Waals surface area contributed by atoms with E-state index in [9.17, 15) is 0 Å². The average molecular weight is 200 g/mol.